The Hall–Kier alpha value is -2.55. The molecule has 3 N–H and O–H groups in total. The first-order chi connectivity index (χ1) is 16.0. The molecular formula is C26H34N2O5S. The number of hydrogen-bond acceptors (Lipinski definition) is 5. The Morgan fingerprint density at radius 3 is 2.06 bits per heavy atom. The van der Waals surface area contributed by atoms with Gasteiger partial charge >= 0.3 is 0 Å². The third-order valence-electron chi connectivity index (χ3n) is 6.18. The van der Waals surface area contributed by atoms with E-state index < -0.39 is 46.0 Å². The van der Waals surface area contributed by atoms with Crippen LogP contribution in [0.3, 0.4) is 0 Å². The number of aliphatic hydroxyl groups is 1. The summed E-state index contributed by atoms with van der Waals surface area (Å²) in [7, 11) is -3.91. The molecule has 7 nitrogen and oxygen atoms in total. The van der Waals surface area contributed by atoms with Gasteiger partial charge in [-0.1, -0.05) is 76.2 Å². The predicted molar refractivity (Wildman–Crippen MR) is 130 cm³/mol. The third kappa shape index (κ3) is 6.11. The molecule has 1 aliphatic carbocycles. The van der Waals surface area contributed by atoms with E-state index >= 15 is 0 Å². The van der Waals surface area contributed by atoms with E-state index in [2.05, 4.69) is 10.0 Å². The van der Waals surface area contributed by atoms with Gasteiger partial charge in [0, 0.05) is 0 Å². The quantitative estimate of drug-likeness (QED) is 0.452. The number of nitrogens with one attached hydrogen (secondary N) is 2. The molecule has 5 atom stereocenters. The molecule has 3 rings (SSSR count). The van der Waals surface area contributed by atoms with Crippen molar-refractivity contribution in [3.05, 3.63) is 66.2 Å². The van der Waals surface area contributed by atoms with Gasteiger partial charge in [0.2, 0.25) is 15.9 Å². The van der Waals surface area contributed by atoms with Crippen LogP contribution in [0.4, 0.5) is 0 Å². The molecule has 0 heterocycles. The molecule has 0 saturated heterocycles. The standard InChI is InChI=1S/C26H34N2O5S/c1-16(2)15-20(28-34(32,33)19-13-9-6-10-14-19)26(31)27-23(17(3)4)25(30)22-21(24(22)29)18-11-7-5-8-12-18/h5-14,16-17,20-23,25,28,30H,15H2,1-4H3,(H,27,31). The van der Waals surface area contributed by atoms with Crippen molar-refractivity contribution in [2.45, 2.75) is 63.1 Å². The summed E-state index contributed by atoms with van der Waals surface area (Å²) >= 11 is 0. The van der Waals surface area contributed by atoms with Crippen LogP contribution in [-0.2, 0) is 19.6 Å². The molecule has 0 aliphatic heterocycles. The summed E-state index contributed by atoms with van der Waals surface area (Å²) in [6, 6.07) is 15.4. The van der Waals surface area contributed by atoms with Crippen molar-refractivity contribution in [3.63, 3.8) is 0 Å². The maximum atomic E-state index is 13.2. The van der Waals surface area contributed by atoms with Crippen molar-refractivity contribution >= 4 is 21.7 Å². The maximum absolute atomic E-state index is 13.2. The number of aliphatic hydroxyl groups excluding tert-OH is 1. The lowest BCUT2D eigenvalue weighted by molar-refractivity contribution is -0.125. The fourth-order valence-corrected chi connectivity index (χ4v) is 5.56. The minimum absolute atomic E-state index is 0.0455. The second kappa shape index (κ2) is 10.8. The average molecular weight is 487 g/mol. The number of rotatable bonds is 11. The molecule has 1 fully saturated rings. The van der Waals surface area contributed by atoms with Gasteiger partial charge in [0.1, 0.15) is 11.8 Å². The van der Waals surface area contributed by atoms with Gasteiger partial charge in [-0.15, -0.1) is 0 Å². The summed E-state index contributed by atoms with van der Waals surface area (Å²) in [5, 5.41) is 13.9. The van der Waals surface area contributed by atoms with Crippen molar-refractivity contribution in [3.8, 4) is 0 Å². The second-order valence-electron chi connectivity index (χ2n) is 9.70. The number of carbonyl (C=O) groups is 2. The molecule has 1 amide bonds. The van der Waals surface area contributed by atoms with E-state index in [4.69, 9.17) is 0 Å². The first-order valence-corrected chi connectivity index (χ1v) is 13.2. The Morgan fingerprint density at radius 1 is 0.971 bits per heavy atom. The van der Waals surface area contributed by atoms with Gasteiger partial charge in [-0.05, 0) is 36.0 Å². The van der Waals surface area contributed by atoms with Crippen LogP contribution in [0, 0.1) is 17.8 Å². The normalized spacial score (nSPS) is 20.7. The molecule has 2 aromatic rings. The second-order valence-corrected chi connectivity index (χ2v) is 11.4. The van der Waals surface area contributed by atoms with Gasteiger partial charge < -0.3 is 10.4 Å². The van der Waals surface area contributed by atoms with Crippen molar-refractivity contribution in [2.24, 2.45) is 17.8 Å². The molecule has 1 aliphatic rings. The van der Waals surface area contributed by atoms with Crippen molar-refractivity contribution in [1.82, 2.24) is 10.0 Å². The zero-order valence-corrected chi connectivity index (χ0v) is 20.8. The fourth-order valence-electron chi connectivity index (χ4n) is 4.33. The van der Waals surface area contributed by atoms with Gasteiger partial charge in [0.05, 0.1) is 28.9 Å². The summed E-state index contributed by atoms with van der Waals surface area (Å²) in [6.45, 7) is 7.51. The number of Topliss-reactive ketones (excluding diaryl/α,β-unsaturated/α-hetero) is 1. The first-order valence-electron chi connectivity index (χ1n) is 11.7. The average Bonchev–Trinajstić information content (AvgIpc) is 3.47. The van der Waals surface area contributed by atoms with Crippen LogP contribution in [0.2, 0.25) is 0 Å². The minimum Gasteiger partial charge on any atom is -0.390 e. The molecule has 0 spiro atoms. The molecular weight excluding hydrogens is 452 g/mol. The zero-order chi connectivity index (χ0) is 25.0. The summed E-state index contributed by atoms with van der Waals surface area (Å²) in [5.41, 5.74) is 0.846. The highest BCUT2D eigenvalue weighted by atomic mass is 32.2. The van der Waals surface area contributed by atoms with Crippen molar-refractivity contribution < 1.29 is 23.1 Å². The number of hydrogen-bond donors (Lipinski definition) is 3. The lowest BCUT2D eigenvalue weighted by Crippen LogP contribution is -2.55. The lowest BCUT2D eigenvalue weighted by atomic mass is 9.92. The Bertz CT molecular complexity index is 1090. The summed E-state index contributed by atoms with van der Waals surface area (Å²) < 4.78 is 28.2. The number of amides is 1. The SMILES string of the molecule is CC(C)CC(NS(=O)(=O)c1ccccc1)C(=O)NC(C(C)C)C(O)C1C(=O)C1c1ccccc1. The van der Waals surface area contributed by atoms with Crippen LogP contribution in [0.5, 0.6) is 0 Å². The number of ketones is 1. The van der Waals surface area contributed by atoms with Crippen LogP contribution >= 0.6 is 0 Å². The zero-order valence-electron chi connectivity index (χ0n) is 20.0. The van der Waals surface area contributed by atoms with E-state index in [1.54, 1.807) is 18.2 Å². The Morgan fingerprint density at radius 2 is 1.53 bits per heavy atom. The maximum Gasteiger partial charge on any atom is 0.241 e. The molecule has 1 saturated carbocycles. The fraction of sp³-hybridized carbons (Fsp3) is 0.462. The Balaban J connectivity index is 1.76. The van der Waals surface area contributed by atoms with Crippen LogP contribution < -0.4 is 10.0 Å². The van der Waals surface area contributed by atoms with Crippen molar-refractivity contribution in [1.29, 1.82) is 0 Å². The number of sulfonamides is 1. The molecule has 34 heavy (non-hydrogen) atoms. The van der Waals surface area contributed by atoms with Crippen molar-refractivity contribution in [2.75, 3.05) is 0 Å². The van der Waals surface area contributed by atoms with Crippen LogP contribution in [0.15, 0.2) is 65.6 Å². The van der Waals surface area contributed by atoms with Crippen LogP contribution in [0.25, 0.3) is 0 Å². The highest BCUT2D eigenvalue weighted by Crippen LogP contribution is 2.46. The smallest absolute Gasteiger partial charge is 0.241 e. The van der Waals surface area contributed by atoms with Crippen LogP contribution in [0.1, 0.15) is 45.6 Å². The molecule has 5 unspecified atom stereocenters. The van der Waals surface area contributed by atoms with Crippen LogP contribution in [-0.4, -0.2) is 43.4 Å². The lowest BCUT2D eigenvalue weighted by Gasteiger charge is -2.30. The summed E-state index contributed by atoms with van der Waals surface area (Å²) in [4.78, 5) is 25.9. The van der Waals surface area contributed by atoms with E-state index in [9.17, 15) is 23.1 Å². The van der Waals surface area contributed by atoms with E-state index in [1.165, 1.54) is 12.1 Å². The Labute approximate surface area is 202 Å². The van der Waals surface area contributed by atoms with Gasteiger partial charge in [-0.3, -0.25) is 9.59 Å². The largest absolute Gasteiger partial charge is 0.390 e. The highest BCUT2D eigenvalue weighted by Gasteiger charge is 2.56. The summed E-state index contributed by atoms with van der Waals surface area (Å²) in [6.07, 6.45) is -0.791. The third-order valence-corrected chi connectivity index (χ3v) is 7.67. The molecule has 8 heteroatoms. The van der Waals surface area contributed by atoms with Gasteiger partial charge in [-0.2, -0.15) is 4.72 Å². The van der Waals surface area contributed by atoms with E-state index in [0.29, 0.717) is 0 Å². The topological polar surface area (TPSA) is 113 Å². The van der Waals surface area contributed by atoms with Gasteiger partial charge in [0.15, 0.2) is 0 Å². The monoisotopic (exact) mass is 486 g/mol. The summed E-state index contributed by atoms with van der Waals surface area (Å²) in [5.74, 6) is -1.69. The highest BCUT2D eigenvalue weighted by molar-refractivity contribution is 7.89. The molecule has 184 valence electrons. The van der Waals surface area contributed by atoms with E-state index in [-0.39, 0.29) is 28.9 Å². The van der Waals surface area contributed by atoms with E-state index in [1.807, 2.05) is 58.0 Å². The predicted octanol–water partition coefficient (Wildman–Crippen LogP) is 2.86. The molecule has 0 aromatic heterocycles. The number of benzene rings is 2. The van der Waals surface area contributed by atoms with Gasteiger partial charge in [0.25, 0.3) is 0 Å². The first kappa shape index (κ1) is 26.1. The number of carbonyl (C=O) groups excluding carboxylic acids is 2. The Kier molecular flexibility index (Phi) is 8.28. The van der Waals surface area contributed by atoms with E-state index in [0.717, 1.165) is 5.56 Å². The molecule has 0 radical (unpaired) electrons. The minimum atomic E-state index is -3.91. The molecule has 2 aromatic carbocycles. The molecule has 0 bridgehead atoms. The van der Waals surface area contributed by atoms with Gasteiger partial charge in [-0.25, -0.2) is 8.42 Å².